The van der Waals surface area contributed by atoms with Crippen molar-refractivity contribution in [3.8, 4) is 11.1 Å². The lowest BCUT2D eigenvalue weighted by molar-refractivity contribution is 0.100. The first-order valence-corrected chi connectivity index (χ1v) is 7.15. The summed E-state index contributed by atoms with van der Waals surface area (Å²) in [5, 5.41) is -0.0638. The number of carbonyl (C=O) groups excluding carboxylic acids is 1. The van der Waals surface area contributed by atoms with Crippen LogP contribution in [0.1, 0.15) is 10.4 Å². The molecule has 9 heteroatoms. The van der Waals surface area contributed by atoms with Crippen molar-refractivity contribution in [2.75, 3.05) is 0 Å². The zero-order chi connectivity index (χ0) is 19.0. The Morgan fingerprint density at radius 2 is 1.62 bits per heavy atom. The van der Waals surface area contributed by atoms with Crippen molar-refractivity contribution < 1.29 is 22.4 Å². The molecule has 0 radical (unpaired) electrons. The molecule has 26 heavy (non-hydrogen) atoms. The van der Waals surface area contributed by atoms with Gasteiger partial charge in [0.2, 0.25) is 0 Å². The number of nitrogens with zero attached hydrogens (tertiary/aromatic N) is 2. The van der Waals surface area contributed by atoms with E-state index in [4.69, 9.17) is 11.5 Å². The molecule has 0 unspecified atom stereocenters. The van der Waals surface area contributed by atoms with Crippen molar-refractivity contribution in [1.82, 2.24) is 4.98 Å². The molecule has 0 saturated carbocycles. The summed E-state index contributed by atoms with van der Waals surface area (Å²) in [6, 6.07) is 4.21. The van der Waals surface area contributed by atoms with Crippen molar-refractivity contribution in [3.05, 3.63) is 65.4 Å². The molecule has 0 saturated heterocycles. The second-order valence-corrected chi connectivity index (χ2v) is 5.30. The number of hydrogen-bond donors (Lipinski definition) is 2. The zero-order valence-corrected chi connectivity index (χ0v) is 12.9. The molecule has 4 N–H and O–H groups in total. The number of hydrogen-bond acceptors (Lipinski definition) is 2. The van der Waals surface area contributed by atoms with Gasteiger partial charge in [0.25, 0.3) is 5.91 Å². The number of benzene rings is 2. The van der Waals surface area contributed by atoms with Crippen LogP contribution < -0.4 is 11.5 Å². The Balaban J connectivity index is 2.33. The van der Waals surface area contributed by atoms with E-state index in [1.807, 2.05) is 0 Å². The lowest BCUT2D eigenvalue weighted by atomic mass is 9.98. The van der Waals surface area contributed by atoms with Crippen LogP contribution in [0.2, 0.25) is 0 Å². The second kappa shape index (κ2) is 6.43. The van der Waals surface area contributed by atoms with Gasteiger partial charge in [0.1, 0.15) is 28.8 Å². The Kier molecular flexibility index (Phi) is 4.29. The number of nitrogens with two attached hydrogens (primary N) is 2. The molecule has 0 aliphatic rings. The molecule has 5 nitrogen and oxygen atoms in total. The highest BCUT2D eigenvalue weighted by molar-refractivity contribution is 6.06. The number of rotatable bonds is 2. The molecular formula is C17H10F4N4O. The van der Waals surface area contributed by atoms with Gasteiger partial charge in [-0.15, -0.1) is 0 Å². The fourth-order valence-corrected chi connectivity index (χ4v) is 2.53. The van der Waals surface area contributed by atoms with Gasteiger partial charge in [-0.2, -0.15) is 4.99 Å². The van der Waals surface area contributed by atoms with Crippen LogP contribution in [0.15, 0.2) is 41.5 Å². The predicted octanol–water partition coefficient (Wildman–Crippen LogP) is 2.87. The van der Waals surface area contributed by atoms with E-state index in [2.05, 4.69) is 9.98 Å². The molecule has 0 spiro atoms. The molecule has 3 aromatic rings. The smallest absolute Gasteiger partial charge is 0.280 e. The van der Waals surface area contributed by atoms with E-state index >= 15 is 0 Å². The van der Waals surface area contributed by atoms with E-state index in [0.29, 0.717) is 12.1 Å². The number of carbonyl (C=O) groups is 1. The zero-order valence-electron chi connectivity index (χ0n) is 12.9. The molecule has 1 heterocycles. The number of aromatic nitrogens is 1. The highest BCUT2D eigenvalue weighted by Gasteiger charge is 2.19. The fourth-order valence-electron chi connectivity index (χ4n) is 2.53. The third-order valence-electron chi connectivity index (χ3n) is 3.55. The standard InChI is InChI=1S/C17H10F4N4O/c18-8-5-11(19)14(12(20)6-8)9-1-2-24-15-10(9)3-7(4-13(15)21)16(26)25-17(22)23/h1-6H,(H4,22,23,25,26). The van der Waals surface area contributed by atoms with Gasteiger partial charge in [-0.25, -0.2) is 17.6 Å². The summed E-state index contributed by atoms with van der Waals surface area (Å²) in [4.78, 5) is 19.1. The Hall–Kier alpha value is -3.49. The fraction of sp³-hybridized carbons (Fsp3) is 0. The van der Waals surface area contributed by atoms with Gasteiger partial charge in [0.15, 0.2) is 5.96 Å². The van der Waals surface area contributed by atoms with Gasteiger partial charge < -0.3 is 11.5 Å². The van der Waals surface area contributed by atoms with E-state index in [1.165, 1.54) is 6.07 Å². The number of aliphatic imine (C=N–C) groups is 1. The largest absolute Gasteiger partial charge is 0.370 e. The average Bonchev–Trinajstić information content (AvgIpc) is 2.53. The highest BCUT2D eigenvalue weighted by atomic mass is 19.1. The van der Waals surface area contributed by atoms with Crippen molar-refractivity contribution in [2.24, 2.45) is 16.5 Å². The maximum Gasteiger partial charge on any atom is 0.280 e. The van der Waals surface area contributed by atoms with Crippen molar-refractivity contribution in [1.29, 1.82) is 0 Å². The van der Waals surface area contributed by atoms with Gasteiger partial charge in [-0.1, -0.05) is 0 Å². The van der Waals surface area contributed by atoms with E-state index in [0.717, 1.165) is 18.3 Å². The number of guanidine groups is 1. The van der Waals surface area contributed by atoms with Crippen molar-refractivity contribution in [2.45, 2.75) is 0 Å². The third-order valence-corrected chi connectivity index (χ3v) is 3.55. The molecule has 0 fully saturated rings. The first-order valence-electron chi connectivity index (χ1n) is 7.15. The summed E-state index contributed by atoms with van der Waals surface area (Å²) in [5.41, 5.74) is 9.08. The van der Waals surface area contributed by atoms with Crippen LogP contribution in [-0.4, -0.2) is 16.9 Å². The minimum atomic E-state index is -1.18. The molecule has 1 amide bonds. The van der Waals surface area contributed by atoms with Gasteiger partial charge in [0.05, 0.1) is 5.56 Å². The third kappa shape index (κ3) is 3.06. The van der Waals surface area contributed by atoms with Crippen molar-refractivity contribution >= 4 is 22.8 Å². The minimum absolute atomic E-state index is 0.0638. The van der Waals surface area contributed by atoms with Crippen LogP contribution in [0.3, 0.4) is 0 Å². The van der Waals surface area contributed by atoms with Crippen LogP contribution in [0.25, 0.3) is 22.0 Å². The molecule has 0 aliphatic carbocycles. The molecule has 0 aliphatic heterocycles. The Morgan fingerprint density at radius 3 is 2.23 bits per heavy atom. The van der Waals surface area contributed by atoms with Crippen LogP contribution in [0.5, 0.6) is 0 Å². The molecule has 1 aromatic heterocycles. The van der Waals surface area contributed by atoms with Crippen LogP contribution in [-0.2, 0) is 0 Å². The first kappa shape index (κ1) is 17.3. The summed E-state index contributed by atoms with van der Waals surface area (Å²) >= 11 is 0. The number of fused-ring (bicyclic) bond motifs is 1. The van der Waals surface area contributed by atoms with E-state index in [-0.39, 0.29) is 22.0 Å². The normalized spacial score (nSPS) is 10.8. The Labute approximate surface area is 144 Å². The summed E-state index contributed by atoms with van der Waals surface area (Å²) in [6.07, 6.45) is 1.14. The van der Waals surface area contributed by atoms with E-state index < -0.39 is 40.7 Å². The van der Waals surface area contributed by atoms with E-state index in [9.17, 15) is 22.4 Å². The Bertz CT molecular complexity index is 1050. The van der Waals surface area contributed by atoms with Gasteiger partial charge in [0, 0.05) is 29.3 Å². The summed E-state index contributed by atoms with van der Waals surface area (Å²) in [7, 11) is 0. The molecule has 3 rings (SSSR count). The topological polar surface area (TPSA) is 94.4 Å². The second-order valence-electron chi connectivity index (χ2n) is 5.30. The quantitative estimate of drug-likeness (QED) is 0.416. The minimum Gasteiger partial charge on any atom is -0.370 e. The van der Waals surface area contributed by atoms with Crippen LogP contribution >= 0.6 is 0 Å². The molecule has 132 valence electrons. The lowest BCUT2D eigenvalue weighted by Crippen LogP contribution is -2.24. The van der Waals surface area contributed by atoms with Crippen LogP contribution in [0, 0.1) is 23.3 Å². The number of halogens is 4. The maximum absolute atomic E-state index is 14.3. The van der Waals surface area contributed by atoms with Crippen LogP contribution in [0.4, 0.5) is 17.6 Å². The molecular weight excluding hydrogens is 352 g/mol. The van der Waals surface area contributed by atoms with Gasteiger partial charge in [-0.05, 0) is 23.8 Å². The number of amides is 1. The van der Waals surface area contributed by atoms with Gasteiger partial charge >= 0.3 is 0 Å². The van der Waals surface area contributed by atoms with Crippen molar-refractivity contribution in [3.63, 3.8) is 0 Å². The SMILES string of the molecule is NC(N)=NC(=O)c1cc(F)c2nccc(-c3c(F)cc(F)cc3F)c2c1. The maximum atomic E-state index is 14.3. The number of pyridine rings is 1. The summed E-state index contributed by atoms with van der Waals surface area (Å²) in [6.45, 7) is 0. The molecule has 0 bridgehead atoms. The summed E-state index contributed by atoms with van der Waals surface area (Å²) in [5.74, 6) is -5.86. The van der Waals surface area contributed by atoms with E-state index in [1.54, 1.807) is 0 Å². The first-order chi connectivity index (χ1) is 12.3. The lowest BCUT2D eigenvalue weighted by Gasteiger charge is -2.10. The molecule has 0 atom stereocenters. The van der Waals surface area contributed by atoms with Gasteiger partial charge in [-0.3, -0.25) is 9.78 Å². The highest BCUT2D eigenvalue weighted by Crippen LogP contribution is 2.33. The predicted molar refractivity (Wildman–Crippen MR) is 87.2 cm³/mol. The summed E-state index contributed by atoms with van der Waals surface area (Å²) < 4.78 is 55.8. The monoisotopic (exact) mass is 362 g/mol. The molecule has 2 aromatic carbocycles. The Morgan fingerprint density at radius 1 is 0.962 bits per heavy atom. The average molecular weight is 362 g/mol.